The van der Waals surface area contributed by atoms with Crippen LogP contribution in [0.4, 0.5) is 0 Å². The van der Waals surface area contributed by atoms with Crippen molar-refractivity contribution in [1.29, 1.82) is 0 Å². The van der Waals surface area contributed by atoms with Gasteiger partial charge in [0.15, 0.2) is 0 Å². The molecule has 0 heterocycles. The number of nitrogens with zero attached hydrogens (tertiary/aromatic N) is 1. The summed E-state index contributed by atoms with van der Waals surface area (Å²) < 4.78 is 5.18. The molecular weight excluding hydrogens is 240 g/mol. The molecule has 110 valence electrons. The first-order valence-electron chi connectivity index (χ1n) is 7.80. The van der Waals surface area contributed by atoms with Crippen LogP contribution >= 0.6 is 0 Å². The van der Waals surface area contributed by atoms with E-state index < -0.39 is 0 Å². The van der Waals surface area contributed by atoms with Gasteiger partial charge in [0.1, 0.15) is 6.04 Å². The molecule has 0 aromatic carbocycles. The van der Waals surface area contributed by atoms with Crippen LogP contribution in [0, 0.1) is 5.92 Å². The third-order valence-electron chi connectivity index (χ3n) is 4.12. The smallest absolute Gasteiger partial charge is 0.324 e. The lowest BCUT2D eigenvalue weighted by Gasteiger charge is -2.25. The average molecular weight is 268 g/mol. The molecule has 0 radical (unpaired) electrons. The van der Waals surface area contributed by atoms with E-state index in [1.165, 1.54) is 38.5 Å². The van der Waals surface area contributed by atoms with Crippen molar-refractivity contribution in [2.24, 2.45) is 5.92 Å². The molecule has 1 unspecified atom stereocenters. The van der Waals surface area contributed by atoms with Gasteiger partial charge in [-0.1, -0.05) is 12.8 Å². The van der Waals surface area contributed by atoms with E-state index in [2.05, 4.69) is 17.3 Å². The summed E-state index contributed by atoms with van der Waals surface area (Å²) in [6.45, 7) is 4.22. The molecule has 4 nitrogen and oxygen atoms in total. The Morgan fingerprint density at radius 2 is 2.00 bits per heavy atom. The van der Waals surface area contributed by atoms with Gasteiger partial charge in [0.05, 0.1) is 6.61 Å². The molecular formula is C15H28N2O2. The number of hydrogen-bond donors (Lipinski definition) is 1. The predicted octanol–water partition coefficient (Wildman–Crippen LogP) is 1.79. The fourth-order valence-electron chi connectivity index (χ4n) is 2.99. The minimum absolute atomic E-state index is 0.0901. The first kappa shape index (κ1) is 14.8. The third-order valence-corrected chi connectivity index (χ3v) is 4.12. The summed E-state index contributed by atoms with van der Waals surface area (Å²) in [5.74, 6) is 0.737. The molecule has 0 aliphatic heterocycles. The highest BCUT2D eigenvalue weighted by Crippen LogP contribution is 2.25. The van der Waals surface area contributed by atoms with E-state index in [1.54, 1.807) is 0 Å². The number of likely N-dealkylation sites (N-methyl/N-ethyl adjacent to an activating group) is 1. The highest BCUT2D eigenvalue weighted by molar-refractivity contribution is 5.76. The Kier molecular flexibility index (Phi) is 5.64. The minimum atomic E-state index is -0.154. The molecule has 2 fully saturated rings. The fraction of sp³-hybridized carbons (Fsp3) is 0.933. The maximum absolute atomic E-state index is 12.0. The highest BCUT2D eigenvalue weighted by Gasteiger charge is 2.30. The van der Waals surface area contributed by atoms with Gasteiger partial charge in [0.2, 0.25) is 0 Å². The maximum atomic E-state index is 12.0. The summed E-state index contributed by atoms with van der Waals surface area (Å²) in [6.07, 6.45) is 7.85. The molecule has 0 spiro atoms. The summed E-state index contributed by atoms with van der Waals surface area (Å²) in [4.78, 5) is 14.3. The van der Waals surface area contributed by atoms with Crippen molar-refractivity contribution in [3.8, 4) is 0 Å². The standard InChI is InChI=1S/C15H28N2O2/c1-3-19-15(18)14(16-13-8-9-13)11-17(2)10-12-6-4-5-7-12/h12-14,16H,3-11H2,1-2H3. The molecule has 1 atom stereocenters. The molecule has 0 bridgehead atoms. The summed E-state index contributed by atoms with van der Waals surface area (Å²) in [5, 5.41) is 3.42. The molecule has 2 aliphatic carbocycles. The molecule has 2 aliphatic rings. The molecule has 2 rings (SSSR count). The largest absolute Gasteiger partial charge is 0.465 e. The van der Waals surface area contributed by atoms with Crippen molar-refractivity contribution in [2.75, 3.05) is 26.7 Å². The lowest BCUT2D eigenvalue weighted by atomic mass is 10.1. The monoisotopic (exact) mass is 268 g/mol. The lowest BCUT2D eigenvalue weighted by Crippen LogP contribution is -2.47. The van der Waals surface area contributed by atoms with Crippen LogP contribution in [0.15, 0.2) is 0 Å². The minimum Gasteiger partial charge on any atom is -0.465 e. The fourth-order valence-corrected chi connectivity index (χ4v) is 2.99. The molecule has 4 heteroatoms. The van der Waals surface area contributed by atoms with Gasteiger partial charge >= 0.3 is 5.97 Å². The van der Waals surface area contributed by atoms with Crippen LogP contribution in [-0.2, 0) is 9.53 Å². The van der Waals surface area contributed by atoms with Gasteiger partial charge < -0.3 is 15.0 Å². The zero-order valence-corrected chi connectivity index (χ0v) is 12.4. The molecule has 0 saturated heterocycles. The molecule has 19 heavy (non-hydrogen) atoms. The molecule has 1 N–H and O–H groups in total. The molecule has 0 aromatic rings. The lowest BCUT2D eigenvalue weighted by molar-refractivity contribution is -0.146. The second-order valence-corrected chi connectivity index (χ2v) is 6.12. The Morgan fingerprint density at radius 3 is 2.58 bits per heavy atom. The summed E-state index contributed by atoms with van der Waals surface area (Å²) in [6, 6.07) is 0.383. The number of ether oxygens (including phenoxy) is 1. The van der Waals surface area contributed by atoms with Crippen LogP contribution < -0.4 is 5.32 Å². The average Bonchev–Trinajstić information content (AvgIpc) is 3.04. The van der Waals surface area contributed by atoms with Gasteiger partial charge in [0.25, 0.3) is 0 Å². The van der Waals surface area contributed by atoms with Gasteiger partial charge in [-0.2, -0.15) is 0 Å². The highest BCUT2D eigenvalue weighted by atomic mass is 16.5. The van der Waals surface area contributed by atoms with Crippen molar-refractivity contribution in [1.82, 2.24) is 10.2 Å². The van der Waals surface area contributed by atoms with E-state index in [0.29, 0.717) is 12.6 Å². The van der Waals surface area contributed by atoms with Gasteiger partial charge in [0, 0.05) is 19.1 Å². The number of hydrogen-bond acceptors (Lipinski definition) is 4. The second-order valence-electron chi connectivity index (χ2n) is 6.12. The summed E-state index contributed by atoms with van der Waals surface area (Å²) in [7, 11) is 2.12. The van der Waals surface area contributed by atoms with Gasteiger partial charge in [-0.05, 0) is 45.6 Å². The summed E-state index contributed by atoms with van der Waals surface area (Å²) >= 11 is 0. The SMILES string of the molecule is CCOC(=O)C(CN(C)CC1CCCC1)NC1CC1. The predicted molar refractivity (Wildman–Crippen MR) is 76.0 cm³/mol. The number of esters is 1. The Bertz CT molecular complexity index is 286. The van der Waals surface area contributed by atoms with Crippen molar-refractivity contribution in [3.05, 3.63) is 0 Å². The topological polar surface area (TPSA) is 41.6 Å². The molecule has 2 saturated carbocycles. The van der Waals surface area contributed by atoms with Crippen molar-refractivity contribution >= 4 is 5.97 Å². The number of rotatable bonds is 8. The van der Waals surface area contributed by atoms with Gasteiger partial charge in [-0.25, -0.2) is 0 Å². The van der Waals surface area contributed by atoms with E-state index in [1.807, 2.05) is 6.92 Å². The first-order valence-corrected chi connectivity index (χ1v) is 7.80. The van der Waals surface area contributed by atoms with Gasteiger partial charge in [-0.3, -0.25) is 4.79 Å². The number of carbonyl (C=O) groups excluding carboxylic acids is 1. The zero-order chi connectivity index (χ0) is 13.7. The number of nitrogens with one attached hydrogen (secondary N) is 1. The van der Waals surface area contributed by atoms with E-state index in [9.17, 15) is 4.79 Å². The van der Waals surface area contributed by atoms with E-state index in [4.69, 9.17) is 4.74 Å². The first-order chi connectivity index (χ1) is 9.19. The maximum Gasteiger partial charge on any atom is 0.324 e. The Balaban J connectivity index is 1.77. The van der Waals surface area contributed by atoms with E-state index in [0.717, 1.165) is 19.0 Å². The Hall–Kier alpha value is -0.610. The third kappa shape index (κ3) is 5.11. The normalized spacial score (nSPS) is 21.8. The number of carbonyl (C=O) groups is 1. The van der Waals surface area contributed by atoms with E-state index >= 15 is 0 Å². The van der Waals surface area contributed by atoms with Crippen LogP contribution in [0.25, 0.3) is 0 Å². The van der Waals surface area contributed by atoms with Crippen LogP contribution in [0.1, 0.15) is 45.4 Å². The Morgan fingerprint density at radius 1 is 1.32 bits per heavy atom. The van der Waals surface area contributed by atoms with Crippen LogP contribution in [-0.4, -0.2) is 49.7 Å². The molecule has 0 amide bonds. The van der Waals surface area contributed by atoms with Gasteiger partial charge in [-0.15, -0.1) is 0 Å². The van der Waals surface area contributed by atoms with Crippen LogP contribution in [0.3, 0.4) is 0 Å². The van der Waals surface area contributed by atoms with Crippen molar-refractivity contribution < 1.29 is 9.53 Å². The van der Waals surface area contributed by atoms with E-state index in [-0.39, 0.29) is 12.0 Å². The van der Waals surface area contributed by atoms with Crippen LogP contribution in [0.5, 0.6) is 0 Å². The summed E-state index contributed by atoms with van der Waals surface area (Å²) in [5.41, 5.74) is 0. The van der Waals surface area contributed by atoms with Crippen molar-refractivity contribution in [3.63, 3.8) is 0 Å². The second kappa shape index (κ2) is 7.25. The Labute approximate surface area is 116 Å². The zero-order valence-electron chi connectivity index (χ0n) is 12.4. The molecule has 0 aromatic heterocycles. The van der Waals surface area contributed by atoms with Crippen molar-refractivity contribution in [2.45, 2.75) is 57.5 Å². The quantitative estimate of drug-likeness (QED) is 0.682. The van der Waals surface area contributed by atoms with Crippen LogP contribution in [0.2, 0.25) is 0 Å².